The molecule has 1 atom stereocenters. The Hall–Kier alpha value is -2.09. The number of rotatable bonds is 9. The lowest BCUT2D eigenvalue weighted by Gasteiger charge is -2.36. The van der Waals surface area contributed by atoms with Crippen LogP contribution in [0.3, 0.4) is 0 Å². The molecule has 4 nitrogen and oxygen atoms in total. The maximum absolute atomic E-state index is 12.8. The molecule has 186 valence electrons. The molecule has 0 radical (unpaired) electrons. The van der Waals surface area contributed by atoms with E-state index in [1.165, 1.54) is 12.1 Å². The molecule has 0 aromatic heterocycles. The lowest BCUT2D eigenvalue weighted by Crippen LogP contribution is -2.49. The van der Waals surface area contributed by atoms with Crippen molar-refractivity contribution < 1.29 is 22.7 Å². The first-order chi connectivity index (χ1) is 16.1. The highest BCUT2D eigenvalue weighted by atomic mass is 35.5. The summed E-state index contributed by atoms with van der Waals surface area (Å²) in [5, 5.41) is 0.624. The maximum Gasteiger partial charge on any atom is 0.416 e. The second-order valence-electron chi connectivity index (χ2n) is 9.16. The van der Waals surface area contributed by atoms with Crippen molar-refractivity contribution in [3.63, 3.8) is 0 Å². The summed E-state index contributed by atoms with van der Waals surface area (Å²) in [7, 11) is 0. The standard InChI is InChI=1S/C26H32ClF3N2O2/c1-19(2)3-12-25(33)32-15-13-31(14-16-32)17-24(21-6-10-23(27)11-7-21)34-18-20-4-8-22(9-5-20)26(28,29)30/h4-11,19,24H,3,12-18H2,1-2H3/t24-/m0/s1. The summed E-state index contributed by atoms with van der Waals surface area (Å²) in [5.41, 5.74) is 0.950. The Kier molecular flexibility index (Phi) is 9.39. The highest BCUT2D eigenvalue weighted by molar-refractivity contribution is 6.30. The van der Waals surface area contributed by atoms with Crippen LogP contribution in [0.5, 0.6) is 0 Å². The fourth-order valence-electron chi connectivity index (χ4n) is 3.90. The van der Waals surface area contributed by atoms with E-state index in [9.17, 15) is 18.0 Å². The van der Waals surface area contributed by atoms with Crippen molar-refractivity contribution in [2.75, 3.05) is 32.7 Å². The van der Waals surface area contributed by atoms with Crippen molar-refractivity contribution in [2.45, 2.75) is 45.6 Å². The van der Waals surface area contributed by atoms with Crippen LogP contribution in [0.15, 0.2) is 48.5 Å². The maximum atomic E-state index is 12.8. The van der Waals surface area contributed by atoms with Gasteiger partial charge in [0.25, 0.3) is 0 Å². The minimum atomic E-state index is -4.36. The van der Waals surface area contributed by atoms with E-state index in [2.05, 4.69) is 18.7 Å². The molecule has 0 N–H and O–H groups in total. The minimum absolute atomic E-state index is 0.194. The van der Waals surface area contributed by atoms with Crippen molar-refractivity contribution in [3.8, 4) is 0 Å². The summed E-state index contributed by atoms with van der Waals surface area (Å²) in [4.78, 5) is 16.6. The van der Waals surface area contributed by atoms with Crippen LogP contribution in [-0.4, -0.2) is 48.4 Å². The Labute approximate surface area is 204 Å². The molecule has 3 rings (SSSR count). The predicted octanol–water partition coefficient (Wildman–Crippen LogP) is 6.20. The number of nitrogens with zero attached hydrogens (tertiary/aromatic N) is 2. The van der Waals surface area contributed by atoms with Gasteiger partial charge in [0.05, 0.1) is 18.3 Å². The molecular weight excluding hydrogens is 465 g/mol. The molecule has 1 fully saturated rings. The molecule has 0 bridgehead atoms. The normalized spacial score (nSPS) is 16.1. The average molecular weight is 497 g/mol. The van der Waals surface area contributed by atoms with E-state index in [0.29, 0.717) is 42.6 Å². The first-order valence-electron chi connectivity index (χ1n) is 11.6. The molecule has 2 aromatic carbocycles. The van der Waals surface area contributed by atoms with Gasteiger partial charge in [-0.25, -0.2) is 0 Å². The second kappa shape index (κ2) is 12.0. The van der Waals surface area contributed by atoms with Crippen molar-refractivity contribution in [3.05, 3.63) is 70.2 Å². The molecular formula is C26H32ClF3N2O2. The van der Waals surface area contributed by atoms with Gasteiger partial charge in [0.2, 0.25) is 5.91 Å². The summed E-state index contributed by atoms with van der Waals surface area (Å²) in [6.45, 7) is 7.92. The number of hydrogen-bond donors (Lipinski definition) is 0. The van der Waals surface area contributed by atoms with Crippen molar-refractivity contribution in [1.29, 1.82) is 0 Å². The van der Waals surface area contributed by atoms with Crippen LogP contribution in [0.2, 0.25) is 5.02 Å². The highest BCUT2D eigenvalue weighted by Crippen LogP contribution is 2.30. The smallest absolute Gasteiger partial charge is 0.368 e. The molecule has 1 heterocycles. The second-order valence-corrected chi connectivity index (χ2v) is 9.60. The van der Waals surface area contributed by atoms with E-state index in [0.717, 1.165) is 37.2 Å². The summed E-state index contributed by atoms with van der Waals surface area (Å²) >= 11 is 6.04. The number of benzene rings is 2. The molecule has 0 spiro atoms. The highest BCUT2D eigenvalue weighted by Gasteiger charge is 2.30. The predicted molar refractivity (Wildman–Crippen MR) is 128 cm³/mol. The van der Waals surface area contributed by atoms with Crippen LogP contribution in [0.25, 0.3) is 0 Å². The average Bonchev–Trinajstić information content (AvgIpc) is 2.81. The number of carbonyl (C=O) groups is 1. The van der Waals surface area contributed by atoms with Gasteiger partial charge in [0, 0.05) is 44.2 Å². The first-order valence-corrected chi connectivity index (χ1v) is 12.0. The third kappa shape index (κ3) is 8.00. The minimum Gasteiger partial charge on any atom is -0.368 e. The largest absolute Gasteiger partial charge is 0.416 e. The number of alkyl halides is 3. The van der Waals surface area contributed by atoms with Crippen LogP contribution in [-0.2, 0) is 22.3 Å². The third-order valence-electron chi connectivity index (χ3n) is 6.06. The Morgan fingerprint density at radius 1 is 1.00 bits per heavy atom. The van der Waals surface area contributed by atoms with Gasteiger partial charge in [-0.3, -0.25) is 9.69 Å². The molecule has 0 saturated carbocycles. The molecule has 0 unspecified atom stereocenters. The Bertz CT molecular complexity index is 909. The Morgan fingerprint density at radius 3 is 2.18 bits per heavy atom. The first kappa shape index (κ1) is 26.5. The molecule has 1 aliphatic rings. The van der Waals surface area contributed by atoms with E-state index >= 15 is 0 Å². The summed E-state index contributed by atoms with van der Waals surface area (Å²) in [6, 6.07) is 12.5. The van der Waals surface area contributed by atoms with Gasteiger partial charge >= 0.3 is 6.18 Å². The fraction of sp³-hybridized carbons (Fsp3) is 0.500. The van der Waals surface area contributed by atoms with Gasteiger partial charge in [-0.15, -0.1) is 0 Å². The van der Waals surface area contributed by atoms with Crippen LogP contribution in [0.4, 0.5) is 13.2 Å². The van der Waals surface area contributed by atoms with Gasteiger partial charge < -0.3 is 9.64 Å². The quantitative estimate of drug-likeness (QED) is 0.414. The Morgan fingerprint density at radius 2 is 1.62 bits per heavy atom. The molecule has 1 saturated heterocycles. The molecule has 1 aliphatic heterocycles. The van der Waals surface area contributed by atoms with Crippen LogP contribution in [0.1, 0.15) is 49.5 Å². The Balaban J connectivity index is 1.60. The lowest BCUT2D eigenvalue weighted by atomic mass is 10.1. The molecule has 8 heteroatoms. The van der Waals surface area contributed by atoms with Crippen molar-refractivity contribution in [2.24, 2.45) is 5.92 Å². The number of hydrogen-bond acceptors (Lipinski definition) is 3. The topological polar surface area (TPSA) is 32.8 Å². The van der Waals surface area contributed by atoms with Gasteiger partial charge in [-0.2, -0.15) is 13.2 Å². The van der Waals surface area contributed by atoms with Gasteiger partial charge in [0.1, 0.15) is 0 Å². The van der Waals surface area contributed by atoms with Crippen molar-refractivity contribution in [1.82, 2.24) is 9.80 Å². The number of ether oxygens (including phenoxy) is 1. The summed E-state index contributed by atoms with van der Waals surface area (Å²) in [5.74, 6) is 0.716. The molecule has 2 aromatic rings. The van der Waals surface area contributed by atoms with E-state index in [1.54, 1.807) is 12.1 Å². The van der Waals surface area contributed by atoms with Crippen LogP contribution < -0.4 is 0 Å². The number of carbonyl (C=O) groups excluding carboxylic acids is 1. The van der Waals surface area contributed by atoms with Gasteiger partial charge in [-0.05, 0) is 47.7 Å². The van der Waals surface area contributed by atoms with E-state index < -0.39 is 11.7 Å². The molecule has 1 amide bonds. The van der Waals surface area contributed by atoms with E-state index in [1.807, 2.05) is 17.0 Å². The zero-order valence-electron chi connectivity index (χ0n) is 19.7. The number of amides is 1. The van der Waals surface area contributed by atoms with Gasteiger partial charge in [-0.1, -0.05) is 49.7 Å². The van der Waals surface area contributed by atoms with Crippen molar-refractivity contribution >= 4 is 17.5 Å². The number of halogens is 4. The van der Waals surface area contributed by atoms with Crippen LogP contribution in [0, 0.1) is 5.92 Å². The SMILES string of the molecule is CC(C)CCC(=O)N1CCN(C[C@H](OCc2ccc(C(F)(F)F)cc2)c2ccc(Cl)cc2)CC1. The molecule has 0 aliphatic carbocycles. The summed E-state index contributed by atoms with van der Waals surface area (Å²) < 4.78 is 44.7. The summed E-state index contributed by atoms with van der Waals surface area (Å²) in [6.07, 6.45) is -3.15. The number of piperazine rings is 1. The fourth-order valence-corrected chi connectivity index (χ4v) is 4.03. The third-order valence-corrected chi connectivity index (χ3v) is 6.31. The monoisotopic (exact) mass is 496 g/mol. The zero-order chi connectivity index (χ0) is 24.7. The zero-order valence-corrected chi connectivity index (χ0v) is 20.4. The van der Waals surface area contributed by atoms with Gasteiger partial charge in [0.15, 0.2) is 0 Å². The van der Waals surface area contributed by atoms with E-state index in [4.69, 9.17) is 16.3 Å². The van der Waals surface area contributed by atoms with E-state index in [-0.39, 0.29) is 18.6 Å². The van der Waals surface area contributed by atoms with Crippen LogP contribution >= 0.6 is 11.6 Å². The molecule has 34 heavy (non-hydrogen) atoms. The lowest BCUT2D eigenvalue weighted by molar-refractivity contribution is -0.137.